The largest absolute Gasteiger partial charge is 0.437 e. The molecular formula is C24H20N2O2. The van der Waals surface area contributed by atoms with E-state index in [1.54, 1.807) is 0 Å². The Morgan fingerprint density at radius 2 is 1.07 bits per heavy atom. The van der Waals surface area contributed by atoms with Crippen molar-refractivity contribution in [3.8, 4) is 11.5 Å². The maximum absolute atomic E-state index is 7.18. The number of nitrogens with two attached hydrogens (primary N) is 2. The lowest BCUT2D eigenvalue weighted by molar-refractivity contribution is -0.113. The summed E-state index contributed by atoms with van der Waals surface area (Å²) in [5, 5.41) is 4.31. The number of hydrogen-bond donors (Lipinski definition) is 2. The van der Waals surface area contributed by atoms with Crippen LogP contribution in [0.25, 0.3) is 21.5 Å². The third-order valence-electron chi connectivity index (χ3n) is 6.14. The highest BCUT2D eigenvalue weighted by molar-refractivity contribution is 5.96. The van der Waals surface area contributed by atoms with Gasteiger partial charge < -0.3 is 15.2 Å². The third-order valence-corrected chi connectivity index (χ3v) is 6.14. The van der Waals surface area contributed by atoms with Gasteiger partial charge in [-0.2, -0.15) is 0 Å². The van der Waals surface area contributed by atoms with E-state index in [0.717, 1.165) is 43.8 Å². The fourth-order valence-corrected chi connectivity index (χ4v) is 4.79. The molecule has 4 aromatic carbocycles. The Morgan fingerprint density at radius 1 is 0.643 bits per heavy atom. The van der Waals surface area contributed by atoms with Crippen LogP contribution in [-0.2, 0) is 5.54 Å². The minimum Gasteiger partial charge on any atom is -0.437 e. The van der Waals surface area contributed by atoms with Crippen LogP contribution in [0.5, 0.6) is 11.5 Å². The SMILES string of the molecule is Cc1ccc2ccc3c(c2c1)C1(N)c2c(ccc4ccc(C)cc24)OC1(N)O3. The molecule has 0 saturated carbocycles. The second-order valence-electron chi connectivity index (χ2n) is 8.01. The second kappa shape index (κ2) is 4.85. The van der Waals surface area contributed by atoms with E-state index in [1.807, 2.05) is 24.3 Å². The lowest BCUT2D eigenvalue weighted by atomic mass is 9.78. The first-order valence-corrected chi connectivity index (χ1v) is 9.44. The van der Waals surface area contributed by atoms with Crippen LogP contribution in [0.1, 0.15) is 22.3 Å². The number of aryl methyl sites for hydroxylation is 2. The van der Waals surface area contributed by atoms with Crippen LogP contribution in [0.2, 0.25) is 0 Å². The van der Waals surface area contributed by atoms with Crippen LogP contribution in [0.3, 0.4) is 0 Å². The molecule has 0 saturated heterocycles. The monoisotopic (exact) mass is 368 g/mol. The molecule has 138 valence electrons. The number of rotatable bonds is 0. The summed E-state index contributed by atoms with van der Waals surface area (Å²) < 4.78 is 12.3. The van der Waals surface area contributed by atoms with Crippen LogP contribution in [0.15, 0.2) is 60.7 Å². The first kappa shape index (κ1) is 15.9. The molecule has 0 radical (unpaired) electrons. The highest BCUT2D eigenvalue weighted by Gasteiger charge is 2.66. The zero-order valence-electron chi connectivity index (χ0n) is 15.7. The molecule has 0 atom stereocenters. The zero-order chi connectivity index (χ0) is 19.3. The van der Waals surface area contributed by atoms with E-state index in [2.05, 4.69) is 50.2 Å². The van der Waals surface area contributed by atoms with Crippen molar-refractivity contribution >= 4 is 21.5 Å². The molecule has 2 aliphatic rings. The smallest absolute Gasteiger partial charge is 0.338 e. The zero-order valence-corrected chi connectivity index (χ0v) is 15.7. The lowest BCUT2D eigenvalue weighted by Gasteiger charge is -2.31. The summed E-state index contributed by atoms with van der Waals surface area (Å²) in [6, 6.07) is 20.7. The van der Waals surface area contributed by atoms with Crippen molar-refractivity contribution in [2.24, 2.45) is 11.5 Å². The van der Waals surface area contributed by atoms with Gasteiger partial charge in [-0.05, 0) is 47.5 Å². The molecule has 4 aromatic rings. The Hall–Kier alpha value is -3.08. The Labute approximate surface area is 162 Å². The molecular weight excluding hydrogens is 348 g/mol. The molecule has 0 spiro atoms. The minimum atomic E-state index is -1.48. The quantitative estimate of drug-likeness (QED) is 0.488. The number of ether oxygens (including phenoxy) is 2. The lowest BCUT2D eigenvalue weighted by Crippen LogP contribution is -2.64. The summed E-state index contributed by atoms with van der Waals surface area (Å²) in [6.45, 7) is 4.15. The van der Waals surface area contributed by atoms with Crippen molar-refractivity contribution in [2.45, 2.75) is 25.3 Å². The Bertz CT molecular complexity index is 1230. The van der Waals surface area contributed by atoms with E-state index in [9.17, 15) is 0 Å². The molecule has 0 amide bonds. The summed E-state index contributed by atoms with van der Waals surface area (Å²) in [6.07, 6.45) is 0. The van der Waals surface area contributed by atoms with Crippen molar-refractivity contribution in [3.05, 3.63) is 82.9 Å². The molecule has 6 rings (SSSR count). The van der Waals surface area contributed by atoms with Crippen LogP contribution >= 0.6 is 0 Å². The highest BCUT2D eigenvalue weighted by atomic mass is 16.7. The predicted octanol–water partition coefficient (Wildman–Crippen LogP) is 4.21. The van der Waals surface area contributed by atoms with Crippen molar-refractivity contribution in [3.63, 3.8) is 0 Å². The van der Waals surface area contributed by atoms with E-state index >= 15 is 0 Å². The van der Waals surface area contributed by atoms with Gasteiger partial charge in [-0.3, -0.25) is 5.73 Å². The van der Waals surface area contributed by atoms with E-state index < -0.39 is 11.4 Å². The van der Waals surface area contributed by atoms with Gasteiger partial charge in [-0.25, -0.2) is 0 Å². The fraction of sp³-hybridized carbons (Fsp3) is 0.167. The van der Waals surface area contributed by atoms with Crippen LogP contribution in [0, 0.1) is 13.8 Å². The van der Waals surface area contributed by atoms with Crippen LogP contribution in [-0.4, -0.2) is 5.91 Å². The summed E-state index contributed by atoms with van der Waals surface area (Å²) in [4.78, 5) is 0. The first-order chi connectivity index (χ1) is 13.4. The van der Waals surface area contributed by atoms with Gasteiger partial charge in [0.1, 0.15) is 11.5 Å². The van der Waals surface area contributed by atoms with Crippen molar-refractivity contribution in [2.75, 3.05) is 0 Å². The molecule has 4 N–H and O–H groups in total. The van der Waals surface area contributed by atoms with Crippen LogP contribution in [0.4, 0.5) is 0 Å². The molecule has 0 fully saturated rings. The Morgan fingerprint density at radius 3 is 1.54 bits per heavy atom. The molecule has 2 heterocycles. The van der Waals surface area contributed by atoms with Gasteiger partial charge in [0.25, 0.3) is 0 Å². The molecule has 0 aliphatic carbocycles. The predicted molar refractivity (Wildman–Crippen MR) is 111 cm³/mol. The van der Waals surface area contributed by atoms with Gasteiger partial charge in [0.2, 0.25) is 0 Å². The van der Waals surface area contributed by atoms with Crippen molar-refractivity contribution < 1.29 is 9.47 Å². The van der Waals surface area contributed by atoms with E-state index in [4.69, 9.17) is 20.9 Å². The van der Waals surface area contributed by atoms with Gasteiger partial charge in [-0.1, -0.05) is 59.7 Å². The number of fused-ring (bicyclic) bond motifs is 9. The summed E-state index contributed by atoms with van der Waals surface area (Å²) in [5.74, 6) is -0.120. The van der Waals surface area contributed by atoms with E-state index in [0.29, 0.717) is 11.5 Å². The Balaban J connectivity index is 1.79. The van der Waals surface area contributed by atoms with Gasteiger partial charge in [0.15, 0.2) is 5.54 Å². The molecule has 2 aliphatic heterocycles. The topological polar surface area (TPSA) is 70.5 Å². The van der Waals surface area contributed by atoms with Crippen molar-refractivity contribution in [1.82, 2.24) is 0 Å². The van der Waals surface area contributed by atoms with Crippen molar-refractivity contribution in [1.29, 1.82) is 0 Å². The average Bonchev–Trinajstić information content (AvgIpc) is 3.02. The number of benzene rings is 4. The minimum absolute atomic E-state index is 0.679. The molecule has 0 bridgehead atoms. The normalized spacial score (nSPS) is 24.6. The summed E-state index contributed by atoms with van der Waals surface area (Å²) in [7, 11) is 0. The maximum Gasteiger partial charge on any atom is 0.338 e. The highest BCUT2D eigenvalue weighted by Crippen LogP contribution is 2.58. The summed E-state index contributed by atoms with van der Waals surface area (Å²) >= 11 is 0. The fourth-order valence-electron chi connectivity index (χ4n) is 4.79. The molecule has 4 heteroatoms. The Kier molecular flexibility index (Phi) is 2.76. The van der Waals surface area contributed by atoms with E-state index in [1.165, 1.54) is 0 Å². The molecule has 28 heavy (non-hydrogen) atoms. The van der Waals surface area contributed by atoms with Gasteiger partial charge in [0, 0.05) is 11.1 Å². The van der Waals surface area contributed by atoms with Crippen LogP contribution < -0.4 is 20.9 Å². The third kappa shape index (κ3) is 1.72. The van der Waals surface area contributed by atoms with Gasteiger partial charge in [-0.15, -0.1) is 0 Å². The number of hydrogen-bond acceptors (Lipinski definition) is 4. The van der Waals surface area contributed by atoms with Gasteiger partial charge in [0.05, 0.1) is 0 Å². The van der Waals surface area contributed by atoms with E-state index in [-0.39, 0.29) is 0 Å². The first-order valence-electron chi connectivity index (χ1n) is 9.44. The van der Waals surface area contributed by atoms with Gasteiger partial charge >= 0.3 is 5.91 Å². The average molecular weight is 368 g/mol. The second-order valence-corrected chi connectivity index (χ2v) is 8.01. The maximum atomic E-state index is 7.18. The molecule has 4 nitrogen and oxygen atoms in total. The molecule has 0 unspecified atom stereocenters. The summed E-state index contributed by atoms with van der Waals surface area (Å²) in [5.41, 5.74) is 16.9. The molecule has 0 aromatic heterocycles. The standard InChI is InChI=1S/C24H20N2O2/c1-13-3-5-15-7-9-19-21(17(15)11-13)23(25)22-18-12-14(2)4-6-16(18)8-10-20(22)28-24(23,26)27-19/h3-12H,25-26H2,1-2H3.